The Morgan fingerprint density at radius 1 is 1.16 bits per heavy atom. The average Bonchev–Trinajstić information content (AvgIpc) is 2.84. The monoisotopic (exact) mass is 259 g/mol. The van der Waals surface area contributed by atoms with Gasteiger partial charge in [-0.1, -0.05) is 18.2 Å². The van der Waals surface area contributed by atoms with Crippen LogP contribution in [-0.4, -0.2) is 30.0 Å². The molecule has 0 bridgehead atoms. The Balaban J connectivity index is 1.71. The van der Waals surface area contributed by atoms with Crippen LogP contribution in [0.4, 0.5) is 0 Å². The number of ether oxygens (including phenoxy) is 1. The van der Waals surface area contributed by atoms with Crippen molar-refractivity contribution in [2.75, 3.05) is 20.2 Å². The lowest BCUT2D eigenvalue weighted by Crippen LogP contribution is -2.21. The van der Waals surface area contributed by atoms with Crippen LogP contribution in [-0.2, 0) is 19.9 Å². The molecule has 2 aromatic rings. The number of benzene rings is 1. The van der Waals surface area contributed by atoms with Gasteiger partial charge in [0.1, 0.15) is 5.75 Å². The van der Waals surface area contributed by atoms with E-state index in [-0.39, 0.29) is 0 Å². The fraction of sp³-hybridized carbons (Fsp3) is 0.400. The summed E-state index contributed by atoms with van der Waals surface area (Å²) >= 11 is 0. The van der Waals surface area contributed by atoms with Crippen LogP contribution in [0.2, 0.25) is 0 Å². The summed E-state index contributed by atoms with van der Waals surface area (Å²) in [7, 11) is 3.69. The van der Waals surface area contributed by atoms with Crippen molar-refractivity contribution in [1.29, 1.82) is 0 Å². The molecule has 0 radical (unpaired) electrons. The molecule has 0 saturated carbocycles. The van der Waals surface area contributed by atoms with E-state index >= 15 is 0 Å². The second-order valence-electron chi connectivity index (χ2n) is 4.51. The zero-order chi connectivity index (χ0) is 13.5. The molecule has 0 aliphatic carbocycles. The number of para-hydroxylation sites is 1. The maximum Gasteiger partial charge on any atom is 0.122 e. The lowest BCUT2D eigenvalue weighted by Gasteiger charge is -2.09. The Hall–Kier alpha value is -1.81. The molecule has 0 saturated heterocycles. The van der Waals surface area contributed by atoms with Gasteiger partial charge in [-0.3, -0.25) is 4.68 Å². The molecular weight excluding hydrogens is 238 g/mol. The molecule has 1 aromatic heterocycles. The van der Waals surface area contributed by atoms with E-state index < -0.39 is 0 Å². The Kier molecular flexibility index (Phi) is 4.98. The third-order valence-electron chi connectivity index (χ3n) is 3.24. The van der Waals surface area contributed by atoms with E-state index in [4.69, 9.17) is 4.74 Å². The van der Waals surface area contributed by atoms with Crippen molar-refractivity contribution in [2.24, 2.45) is 7.05 Å². The van der Waals surface area contributed by atoms with Gasteiger partial charge in [-0.05, 0) is 30.7 Å². The normalized spacial score (nSPS) is 10.6. The third-order valence-corrected chi connectivity index (χ3v) is 3.24. The molecule has 1 aromatic carbocycles. The molecule has 4 heteroatoms. The number of methoxy groups -OCH3 is 1. The first kappa shape index (κ1) is 13.6. The minimum absolute atomic E-state index is 0.957. The first-order valence-corrected chi connectivity index (χ1v) is 6.60. The lowest BCUT2D eigenvalue weighted by molar-refractivity contribution is 0.409. The summed E-state index contributed by atoms with van der Waals surface area (Å²) in [4.78, 5) is 0. The van der Waals surface area contributed by atoms with E-state index in [1.807, 2.05) is 36.1 Å². The van der Waals surface area contributed by atoms with Gasteiger partial charge in [-0.25, -0.2) is 0 Å². The molecule has 0 aliphatic heterocycles. The lowest BCUT2D eigenvalue weighted by atomic mass is 10.1. The first-order chi connectivity index (χ1) is 9.31. The van der Waals surface area contributed by atoms with E-state index in [0.29, 0.717) is 0 Å². The van der Waals surface area contributed by atoms with Crippen LogP contribution in [0.3, 0.4) is 0 Å². The molecular formula is C15H21N3O. The van der Waals surface area contributed by atoms with E-state index in [2.05, 4.69) is 22.5 Å². The van der Waals surface area contributed by atoms with Gasteiger partial charge in [-0.2, -0.15) is 5.10 Å². The van der Waals surface area contributed by atoms with Crippen LogP contribution in [0, 0.1) is 0 Å². The van der Waals surface area contributed by atoms with Gasteiger partial charge >= 0.3 is 0 Å². The van der Waals surface area contributed by atoms with Crippen molar-refractivity contribution in [3.8, 4) is 5.75 Å². The number of nitrogens with zero attached hydrogens (tertiary/aromatic N) is 2. The molecule has 0 spiro atoms. The zero-order valence-electron chi connectivity index (χ0n) is 11.6. The second kappa shape index (κ2) is 6.95. The predicted molar refractivity (Wildman–Crippen MR) is 76.5 cm³/mol. The molecule has 19 heavy (non-hydrogen) atoms. The minimum Gasteiger partial charge on any atom is -0.496 e. The number of aromatic nitrogens is 2. The van der Waals surface area contributed by atoms with Crippen LogP contribution in [0.1, 0.15) is 11.3 Å². The third kappa shape index (κ3) is 3.83. The van der Waals surface area contributed by atoms with Crippen molar-refractivity contribution >= 4 is 0 Å². The topological polar surface area (TPSA) is 39.1 Å². The highest BCUT2D eigenvalue weighted by Crippen LogP contribution is 2.17. The van der Waals surface area contributed by atoms with E-state index in [0.717, 1.165) is 31.7 Å². The summed E-state index contributed by atoms with van der Waals surface area (Å²) in [6.45, 7) is 1.92. The summed E-state index contributed by atoms with van der Waals surface area (Å²) in [5.74, 6) is 0.968. The summed E-state index contributed by atoms with van der Waals surface area (Å²) < 4.78 is 7.26. The SMILES string of the molecule is COc1ccccc1CCNCCc1ccnn1C. The van der Waals surface area contributed by atoms with Crippen molar-refractivity contribution in [3.05, 3.63) is 47.8 Å². The fourth-order valence-electron chi connectivity index (χ4n) is 2.12. The highest BCUT2D eigenvalue weighted by molar-refractivity contribution is 5.33. The summed E-state index contributed by atoms with van der Waals surface area (Å²) in [5, 5.41) is 7.61. The van der Waals surface area contributed by atoms with Crippen LogP contribution < -0.4 is 10.1 Å². The number of hydrogen-bond acceptors (Lipinski definition) is 3. The fourth-order valence-corrected chi connectivity index (χ4v) is 2.12. The predicted octanol–water partition coefficient (Wildman–Crippen LogP) is 1.80. The molecule has 0 unspecified atom stereocenters. The molecule has 0 aliphatic rings. The van der Waals surface area contributed by atoms with Gasteiger partial charge in [-0.15, -0.1) is 0 Å². The summed E-state index contributed by atoms with van der Waals surface area (Å²) in [5.41, 5.74) is 2.50. The van der Waals surface area contributed by atoms with Gasteiger partial charge in [0.2, 0.25) is 0 Å². The molecule has 1 heterocycles. The largest absolute Gasteiger partial charge is 0.496 e. The first-order valence-electron chi connectivity index (χ1n) is 6.60. The van der Waals surface area contributed by atoms with Crippen molar-refractivity contribution in [2.45, 2.75) is 12.8 Å². The average molecular weight is 259 g/mol. The number of hydrogen-bond donors (Lipinski definition) is 1. The van der Waals surface area contributed by atoms with Gasteiger partial charge in [0.05, 0.1) is 7.11 Å². The van der Waals surface area contributed by atoms with Gasteiger partial charge in [0.25, 0.3) is 0 Å². The highest BCUT2D eigenvalue weighted by Gasteiger charge is 2.01. The maximum absolute atomic E-state index is 5.34. The van der Waals surface area contributed by atoms with Crippen molar-refractivity contribution < 1.29 is 4.74 Å². The van der Waals surface area contributed by atoms with E-state index in [9.17, 15) is 0 Å². The highest BCUT2D eigenvalue weighted by atomic mass is 16.5. The Morgan fingerprint density at radius 2 is 1.95 bits per heavy atom. The molecule has 0 fully saturated rings. The number of aryl methyl sites for hydroxylation is 1. The number of rotatable bonds is 7. The van der Waals surface area contributed by atoms with Crippen LogP contribution in [0.25, 0.3) is 0 Å². The molecule has 0 atom stereocenters. The standard InChI is InChI=1S/C15H21N3O/c1-18-14(9-12-17-18)8-11-16-10-7-13-5-3-4-6-15(13)19-2/h3-6,9,12,16H,7-8,10-11H2,1-2H3. The van der Waals surface area contributed by atoms with E-state index in [1.165, 1.54) is 11.3 Å². The molecule has 4 nitrogen and oxygen atoms in total. The van der Waals surface area contributed by atoms with Crippen LogP contribution in [0.15, 0.2) is 36.5 Å². The van der Waals surface area contributed by atoms with Gasteiger partial charge in [0, 0.05) is 31.9 Å². The quantitative estimate of drug-likeness (QED) is 0.771. The Morgan fingerprint density at radius 3 is 2.68 bits per heavy atom. The molecule has 0 amide bonds. The Labute approximate surface area is 114 Å². The summed E-state index contributed by atoms with van der Waals surface area (Å²) in [6, 6.07) is 10.2. The second-order valence-corrected chi connectivity index (χ2v) is 4.51. The van der Waals surface area contributed by atoms with Crippen molar-refractivity contribution in [1.82, 2.24) is 15.1 Å². The van der Waals surface area contributed by atoms with Crippen LogP contribution >= 0.6 is 0 Å². The summed E-state index contributed by atoms with van der Waals surface area (Å²) in [6.07, 6.45) is 3.82. The maximum atomic E-state index is 5.34. The van der Waals surface area contributed by atoms with Gasteiger partial charge in [0.15, 0.2) is 0 Å². The molecule has 1 N–H and O–H groups in total. The van der Waals surface area contributed by atoms with Gasteiger partial charge < -0.3 is 10.1 Å². The number of nitrogens with one attached hydrogen (secondary N) is 1. The minimum atomic E-state index is 0.957. The van der Waals surface area contributed by atoms with E-state index in [1.54, 1.807) is 7.11 Å². The zero-order valence-corrected chi connectivity index (χ0v) is 11.6. The molecule has 2 rings (SSSR count). The van der Waals surface area contributed by atoms with Crippen molar-refractivity contribution in [3.63, 3.8) is 0 Å². The Bertz CT molecular complexity index is 508. The van der Waals surface area contributed by atoms with Crippen LogP contribution in [0.5, 0.6) is 5.75 Å². The smallest absolute Gasteiger partial charge is 0.122 e. The molecule has 102 valence electrons.